The fourth-order valence-electron chi connectivity index (χ4n) is 0.931. The van der Waals surface area contributed by atoms with Crippen LogP contribution in [0.4, 0.5) is 0 Å². The number of hydrogen-bond acceptors (Lipinski definition) is 3. The predicted molar refractivity (Wildman–Crippen MR) is 46.3 cm³/mol. The van der Waals surface area contributed by atoms with E-state index in [-0.39, 0.29) is 0 Å². The van der Waals surface area contributed by atoms with Crippen LogP contribution in [0.3, 0.4) is 0 Å². The van der Waals surface area contributed by atoms with Crippen molar-refractivity contribution in [3.8, 4) is 0 Å². The van der Waals surface area contributed by atoms with Gasteiger partial charge < -0.3 is 10.3 Å². The van der Waals surface area contributed by atoms with Crippen molar-refractivity contribution in [1.29, 1.82) is 0 Å². The van der Waals surface area contributed by atoms with Gasteiger partial charge in [-0.15, -0.1) is 0 Å². The van der Waals surface area contributed by atoms with Gasteiger partial charge in [-0.05, 0) is 12.5 Å². The number of hydrogen-bond donors (Lipinski definition) is 2. The molecule has 1 atom stereocenters. The number of benzene rings is 1. The van der Waals surface area contributed by atoms with Gasteiger partial charge in [-0.2, -0.15) is 0 Å². The molecule has 1 aromatic rings. The van der Waals surface area contributed by atoms with Crippen molar-refractivity contribution in [2.45, 2.75) is 13.0 Å². The first kappa shape index (κ1) is 8.74. The lowest BCUT2D eigenvalue weighted by atomic mass is 10.1. The van der Waals surface area contributed by atoms with Crippen LogP contribution in [-0.4, -0.2) is 16.0 Å². The zero-order chi connectivity index (χ0) is 8.97. The van der Waals surface area contributed by atoms with Crippen molar-refractivity contribution in [3.63, 3.8) is 0 Å². The Hall–Kier alpha value is -1.35. The fraction of sp³-hybridized carbons (Fsp3) is 0.222. The lowest BCUT2D eigenvalue weighted by Crippen LogP contribution is -2.07. The molecule has 0 radical (unpaired) electrons. The van der Waals surface area contributed by atoms with Gasteiger partial charge in [0.05, 0.1) is 5.71 Å². The summed E-state index contributed by atoms with van der Waals surface area (Å²) in [5.41, 5.74) is 1.02. The Labute approximate surface area is 71.0 Å². The normalized spacial score (nSPS) is 14.3. The second-order valence-electron chi connectivity index (χ2n) is 2.55. The van der Waals surface area contributed by atoms with Crippen molar-refractivity contribution >= 4 is 5.71 Å². The molecule has 0 aliphatic rings. The molecule has 0 amide bonds. The van der Waals surface area contributed by atoms with Crippen LogP contribution in [0.15, 0.2) is 35.5 Å². The maximum atomic E-state index is 9.50. The van der Waals surface area contributed by atoms with Crippen molar-refractivity contribution in [1.82, 2.24) is 0 Å². The second kappa shape index (κ2) is 3.88. The van der Waals surface area contributed by atoms with Gasteiger partial charge >= 0.3 is 0 Å². The van der Waals surface area contributed by atoms with Crippen LogP contribution in [-0.2, 0) is 0 Å². The summed E-state index contributed by atoms with van der Waals surface area (Å²) in [5, 5.41) is 20.8. The van der Waals surface area contributed by atoms with E-state index in [9.17, 15) is 5.11 Å². The third-order valence-electron chi connectivity index (χ3n) is 1.67. The predicted octanol–water partition coefficient (Wildman–Crippen LogP) is 1.57. The average molecular weight is 165 g/mol. The molecule has 0 aromatic heterocycles. The molecule has 0 bridgehead atoms. The summed E-state index contributed by atoms with van der Waals surface area (Å²) in [5.74, 6) is 0. The molecule has 3 heteroatoms. The lowest BCUT2D eigenvalue weighted by Gasteiger charge is -2.07. The van der Waals surface area contributed by atoms with Gasteiger partial charge in [-0.1, -0.05) is 35.5 Å². The Kier molecular flexibility index (Phi) is 2.82. The number of rotatable bonds is 2. The highest BCUT2D eigenvalue weighted by Crippen LogP contribution is 2.13. The minimum atomic E-state index is -0.809. The minimum Gasteiger partial charge on any atom is -0.411 e. The van der Waals surface area contributed by atoms with E-state index in [1.807, 2.05) is 18.2 Å². The number of aliphatic hydroxyl groups excluding tert-OH is 1. The lowest BCUT2D eigenvalue weighted by molar-refractivity contribution is 0.234. The average Bonchev–Trinajstić information content (AvgIpc) is 2.17. The van der Waals surface area contributed by atoms with Gasteiger partial charge in [0.15, 0.2) is 0 Å². The van der Waals surface area contributed by atoms with Crippen LogP contribution in [0.5, 0.6) is 0 Å². The van der Waals surface area contributed by atoms with E-state index in [1.165, 1.54) is 0 Å². The molecule has 0 aliphatic carbocycles. The van der Waals surface area contributed by atoms with E-state index >= 15 is 0 Å². The Bertz CT molecular complexity index is 269. The van der Waals surface area contributed by atoms with E-state index in [1.54, 1.807) is 19.1 Å². The fourth-order valence-corrected chi connectivity index (χ4v) is 0.931. The van der Waals surface area contributed by atoms with Gasteiger partial charge in [0.25, 0.3) is 0 Å². The molecule has 0 fully saturated rings. The molecule has 0 saturated carbocycles. The van der Waals surface area contributed by atoms with Crippen LogP contribution < -0.4 is 0 Å². The summed E-state index contributed by atoms with van der Waals surface area (Å²) in [6, 6.07) is 9.06. The van der Waals surface area contributed by atoms with E-state index in [4.69, 9.17) is 5.21 Å². The third kappa shape index (κ3) is 1.83. The van der Waals surface area contributed by atoms with Gasteiger partial charge in [-0.3, -0.25) is 0 Å². The topological polar surface area (TPSA) is 52.8 Å². The Morgan fingerprint density at radius 2 is 1.92 bits per heavy atom. The van der Waals surface area contributed by atoms with Crippen LogP contribution in [0.2, 0.25) is 0 Å². The first-order valence-electron chi connectivity index (χ1n) is 3.67. The van der Waals surface area contributed by atoms with Gasteiger partial charge in [0, 0.05) is 0 Å². The molecule has 0 aliphatic heterocycles. The summed E-state index contributed by atoms with van der Waals surface area (Å²) < 4.78 is 0. The molecule has 64 valence electrons. The molecular weight excluding hydrogens is 154 g/mol. The third-order valence-corrected chi connectivity index (χ3v) is 1.67. The van der Waals surface area contributed by atoms with E-state index in [0.717, 1.165) is 5.56 Å². The zero-order valence-corrected chi connectivity index (χ0v) is 6.81. The quantitative estimate of drug-likeness (QED) is 0.397. The summed E-state index contributed by atoms with van der Waals surface area (Å²) in [6.07, 6.45) is -0.809. The van der Waals surface area contributed by atoms with Crippen molar-refractivity contribution < 1.29 is 10.3 Å². The molecule has 1 rings (SSSR count). The van der Waals surface area contributed by atoms with Gasteiger partial charge in [0.2, 0.25) is 0 Å². The number of aliphatic hydroxyl groups is 1. The van der Waals surface area contributed by atoms with Crippen LogP contribution in [0.1, 0.15) is 18.6 Å². The number of oxime groups is 1. The molecule has 0 heterocycles. The summed E-state index contributed by atoms with van der Waals surface area (Å²) in [4.78, 5) is 0. The van der Waals surface area contributed by atoms with Gasteiger partial charge in [-0.25, -0.2) is 0 Å². The van der Waals surface area contributed by atoms with E-state index in [2.05, 4.69) is 5.16 Å². The van der Waals surface area contributed by atoms with Crippen molar-refractivity contribution in [3.05, 3.63) is 35.9 Å². The molecular formula is C9H11NO2. The van der Waals surface area contributed by atoms with Crippen LogP contribution in [0, 0.1) is 0 Å². The highest BCUT2D eigenvalue weighted by atomic mass is 16.4. The Balaban J connectivity index is 2.86. The maximum Gasteiger partial charge on any atom is 0.120 e. The molecule has 0 saturated heterocycles. The summed E-state index contributed by atoms with van der Waals surface area (Å²) in [7, 11) is 0. The Morgan fingerprint density at radius 3 is 2.42 bits per heavy atom. The standard InChI is InChI=1S/C9H11NO2/c1-7(10-12)9(11)8-5-3-2-4-6-8/h2-6,9,11-12H,1H3/b10-7-. The first-order valence-corrected chi connectivity index (χ1v) is 3.67. The van der Waals surface area contributed by atoms with Crippen LogP contribution in [0.25, 0.3) is 0 Å². The largest absolute Gasteiger partial charge is 0.411 e. The van der Waals surface area contributed by atoms with E-state index < -0.39 is 6.10 Å². The monoisotopic (exact) mass is 165 g/mol. The highest BCUT2D eigenvalue weighted by Gasteiger charge is 2.09. The second-order valence-corrected chi connectivity index (χ2v) is 2.55. The smallest absolute Gasteiger partial charge is 0.120 e. The minimum absolute atomic E-state index is 0.293. The molecule has 12 heavy (non-hydrogen) atoms. The summed E-state index contributed by atoms with van der Waals surface area (Å²) >= 11 is 0. The maximum absolute atomic E-state index is 9.50. The molecule has 1 aromatic carbocycles. The first-order chi connectivity index (χ1) is 5.75. The van der Waals surface area contributed by atoms with Crippen LogP contribution >= 0.6 is 0 Å². The Morgan fingerprint density at radius 1 is 1.33 bits per heavy atom. The zero-order valence-electron chi connectivity index (χ0n) is 6.81. The SMILES string of the molecule is C/C(=N/O)C(O)c1ccccc1. The molecule has 3 nitrogen and oxygen atoms in total. The van der Waals surface area contributed by atoms with Crippen molar-refractivity contribution in [2.24, 2.45) is 5.16 Å². The van der Waals surface area contributed by atoms with Gasteiger partial charge in [0.1, 0.15) is 6.10 Å². The molecule has 0 spiro atoms. The molecule has 2 N–H and O–H groups in total. The van der Waals surface area contributed by atoms with E-state index in [0.29, 0.717) is 5.71 Å². The highest BCUT2D eigenvalue weighted by molar-refractivity contribution is 5.86. The number of nitrogens with zero attached hydrogens (tertiary/aromatic N) is 1. The summed E-state index contributed by atoms with van der Waals surface area (Å²) in [6.45, 7) is 1.57. The van der Waals surface area contributed by atoms with Crippen molar-refractivity contribution in [2.75, 3.05) is 0 Å². The molecule has 1 unspecified atom stereocenters.